The van der Waals surface area contributed by atoms with Gasteiger partial charge in [-0.15, -0.1) is 0 Å². The van der Waals surface area contributed by atoms with Crippen molar-refractivity contribution in [3.8, 4) is 0 Å². The first-order valence-corrected chi connectivity index (χ1v) is 6.34. The maximum atomic E-state index is 12.2. The Bertz CT molecular complexity index is 259. The van der Waals surface area contributed by atoms with E-state index in [1.165, 1.54) is 0 Å². The van der Waals surface area contributed by atoms with E-state index in [1.54, 1.807) is 0 Å². The summed E-state index contributed by atoms with van der Waals surface area (Å²) in [6.45, 7) is 12.4. The number of unbranched alkanes of at least 4 members (excludes halogenated alkanes) is 1. The van der Waals surface area contributed by atoms with E-state index in [0.717, 1.165) is 25.9 Å². The number of nitrogens with zero attached hydrogens (tertiary/aromatic N) is 1. The maximum Gasteiger partial charge on any atom is 0.224 e. The molecule has 0 radical (unpaired) electrons. The van der Waals surface area contributed by atoms with Crippen molar-refractivity contribution in [2.24, 2.45) is 0 Å². The summed E-state index contributed by atoms with van der Waals surface area (Å²) in [5.41, 5.74) is -0.144. The van der Waals surface area contributed by atoms with E-state index in [-0.39, 0.29) is 17.0 Å². The molecular weight excluding hydrogens is 200 g/mol. The van der Waals surface area contributed by atoms with Crippen molar-refractivity contribution in [2.45, 2.75) is 65.0 Å². The normalized spacial score (nSPS) is 24.3. The van der Waals surface area contributed by atoms with Crippen LogP contribution in [0.4, 0.5) is 0 Å². The molecule has 0 bridgehead atoms. The van der Waals surface area contributed by atoms with Crippen molar-refractivity contribution >= 4 is 5.91 Å². The average molecular weight is 226 g/mol. The Kier molecular flexibility index (Phi) is 4.00. The Morgan fingerprint density at radius 2 is 1.94 bits per heavy atom. The number of hydrogen-bond donors (Lipinski definition) is 1. The number of amides is 1. The molecule has 94 valence electrons. The highest BCUT2D eigenvalue weighted by molar-refractivity contribution is 5.78. The molecule has 0 saturated carbocycles. The number of carbonyl (C=O) groups excluding carboxylic acids is 1. The van der Waals surface area contributed by atoms with Crippen LogP contribution in [0.5, 0.6) is 0 Å². The number of rotatable bonds is 3. The average Bonchev–Trinajstić information content (AvgIpc) is 2.21. The Morgan fingerprint density at radius 3 is 2.50 bits per heavy atom. The van der Waals surface area contributed by atoms with Gasteiger partial charge in [-0.3, -0.25) is 4.79 Å². The lowest BCUT2D eigenvalue weighted by atomic mass is 10.0. The molecule has 1 amide bonds. The lowest BCUT2D eigenvalue weighted by Gasteiger charge is -2.37. The predicted octanol–water partition coefficient (Wildman–Crippen LogP) is 2.17. The van der Waals surface area contributed by atoms with Crippen LogP contribution in [0.3, 0.4) is 0 Å². The molecule has 0 aromatic heterocycles. The molecule has 1 rings (SSSR count). The number of carbonyl (C=O) groups is 1. The first-order chi connectivity index (χ1) is 7.28. The molecule has 0 aliphatic carbocycles. The smallest absolute Gasteiger partial charge is 0.224 e. The summed E-state index contributed by atoms with van der Waals surface area (Å²) in [5, 5.41) is 3.49. The van der Waals surface area contributed by atoms with Crippen molar-refractivity contribution in [3.63, 3.8) is 0 Å². The monoisotopic (exact) mass is 226 g/mol. The Hall–Kier alpha value is -0.570. The van der Waals surface area contributed by atoms with Gasteiger partial charge < -0.3 is 10.2 Å². The van der Waals surface area contributed by atoms with Crippen molar-refractivity contribution in [3.05, 3.63) is 0 Å². The van der Waals surface area contributed by atoms with E-state index < -0.39 is 0 Å². The van der Waals surface area contributed by atoms with Crippen molar-refractivity contribution in [2.75, 3.05) is 13.1 Å². The third-order valence-corrected chi connectivity index (χ3v) is 3.36. The highest BCUT2D eigenvalue weighted by atomic mass is 16.2. The molecule has 1 aliphatic rings. The molecule has 1 fully saturated rings. The SMILES string of the molecule is CCCCN1C(=O)CC(C)(C)NCC1(C)C. The molecular formula is C13H26N2O. The zero-order valence-electron chi connectivity index (χ0n) is 11.4. The molecule has 1 aliphatic heterocycles. The van der Waals surface area contributed by atoms with E-state index in [1.807, 2.05) is 0 Å². The number of hydrogen-bond acceptors (Lipinski definition) is 2. The van der Waals surface area contributed by atoms with Gasteiger partial charge in [-0.25, -0.2) is 0 Å². The standard InChI is InChI=1S/C13H26N2O/c1-6-7-8-15-11(16)9-12(2,3)14-10-13(15,4)5/h14H,6-10H2,1-5H3. The molecule has 1 heterocycles. The first-order valence-electron chi connectivity index (χ1n) is 6.34. The van der Waals surface area contributed by atoms with Gasteiger partial charge in [0.1, 0.15) is 0 Å². The van der Waals surface area contributed by atoms with Crippen LogP contribution in [-0.2, 0) is 4.79 Å². The van der Waals surface area contributed by atoms with E-state index in [9.17, 15) is 4.79 Å². The predicted molar refractivity (Wildman–Crippen MR) is 67.4 cm³/mol. The maximum absolute atomic E-state index is 12.2. The van der Waals surface area contributed by atoms with Crippen LogP contribution >= 0.6 is 0 Å². The fourth-order valence-electron chi connectivity index (χ4n) is 2.17. The second-order valence-corrected chi connectivity index (χ2v) is 6.13. The fraction of sp³-hybridized carbons (Fsp3) is 0.923. The van der Waals surface area contributed by atoms with Crippen molar-refractivity contribution in [1.29, 1.82) is 0 Å². The van der Waals surface area contributed by atoms with Crippen LogP contribution in [0.1, 0.15) is 53.9 Å². The van der Waals surface area contributed by atoms with Gasteiger partial charge in [0, 0.05) is 30.6 Å². The van der Waals surface area contributed by atoms with Gasteiger partial charge in [0.05, 0.1) is 0 Å². The molecule has 1 N–H and O–H groups in total. The molecule has 0 unspecified atom stereocenters. The van der Waals surface area contributed by atoms with Crippen LogP contribution in [-0.4, -0.2) is 35.0 Å². The van der Waals surface area contributed by atoms with Gasteiger partial charge >= 0.3 is 0 Å². The zero-order valence-corrected chi connectivity index (χ0v) is 11.4. The van der Waals surface area contributed by atoms with Crippen LogP contribution in [0.2, 0.25) is 0 Å². The van der Waals surface area contributed by atoms with Crippen LogP contribution < -0.4 is 5.32 Å². The van der Waals surface area contributed by atoms with Gasteiger partial charge in [-0.2, -0.15) is 0 Å². The fourth-order valence-corrected chi connectivity index (χ4v) is 2.17. The van der Waals surface area contributed by atoms with Crippen LogP contribution in [0.15, 0.2) is 0 Å². The highest BCUT2D eigenvalue weighted by Crippen LogP contribution is 2.24. The molecule has 1 saturated heterocycles. The molecule has 0 aromatic carbocycles. The summed E-state index contributed by atoms with van der Waals surface area (Å²) in [6, 6.07) is 0. The summed E-state index contributed by atoms with van der Waals surface area (Å²) in [5.74, 6) is 0.286. The van der Waals surface area contributed by atoms with E-state index in [0.29, 0.717) is 6.42 Å². The summed E-state index contributed by atoms with van der Waals surface area (Å²) < 4.78 is 0. The lowest BCUT2D eigenvalue weighted by Crippen LogP contribution is -2.51. The minimum atomic E-state index is -0.0741. The summed E-state index contributed by atoms with van der Waals surface area (Å²) in [7, 11) is 0. The quantitative estimate of drug-likeness (QED) is 0.800. The molecule has 0 aromatic rings. The van der Waals surface area contributed by atoms with Gasteiger partial charge in [0.15, 0.2) is 0 Å². The van der Waals surface area contributed by atoms with Crippen molar-refractivity contribution in [1.82, 2.24) is 10.2 Å². The Labute approximate surface area is 99.6 Å². The largest absolute Gasteiger partial charge is 0.336 e. The summed E-state index contributed by atoms with van der Waals surface area (Å²) in [4.78, 5) is 14.3. The zero-order chi connectivity index (χ0) is 12.4. The molecule has 16 heavy (non-hydrogen) atoms. The highest BCUT2D eigenvalue weighted by Gasteiger charge is 2.37. The van der Waals surface area contributed by atoms with Gasteiger partial charge in [0.25, 0.3) is 0 Å². The molecule has 0 atom stereocenters. The van der Waals surface area contributed by atoms with E-state index in [4.69, 9.17) is 0 Å². The molecule has 0 spiro atoms. The summed E-state index contributed by atoms with van der Waals surface area (Å²) in [6.07, 6.45) is 2.83. The third kappa shape index (κ3) is 3.21. The molecule has 3 heteroatoms. The minimum Gasteiger partial charge on any atom is -0.336 e. The topological polar surface area (TPSA) is 32.3 Å². The minimum absolute atomic E-state index is 0.0694. The van der Waals surface area contributed by atoms with Crippen LogP contribution in [0.25, 0.3) is 0 Å². The van der Waals surface area contributed by atoms with Crippen LogP contribution in [0, 0.1) is 0 Å². The third-order valence-electron chi connectivity index (χ3n) is 3.36. The second kappa shape index (κ2) is 4.74. The Morgan fingerprint density at radius 1 is 1.31 bits per heavy atom. The van der Waals surface area contributed by atoms with Gasteiger partial charge in [0.2, 0.25) is 5.91 Å². The Balaban J connectivity index is 2.81. The number of nitrogens with one attached hydrogen (secondary N) is 1. The van der Waals surface area contributed by atoms with Gasteiger partial charge in [-0.1, -0.05) is 13.3 Å². The lowest BCUT2D eigenvalue weighted by molar-refractivity contribution is -0.135. The molecule has 3 nitrogen and oxygen atoms in total. The van der Waals surface area contributed by atoms with E-state index in [2.05, 4.69) is 44.8 Å². The van der Waals surface area contributed by atoms with E-state index >= 15 is 0 Å². The van der Waals surface area contributed by atoms with Gasteiger partial charge in [-0.05, 0) is 34.1 Å². The summed E-state index contributed by atoms with van der Waals surface area (Å²) >= 11 is 0. The second-order valence-electron chi connectivity index (χ2n) is 6.13. The first kappa shape index (κ1) is 13.5. The van der Waals surface area contributed by atoms with Crippen molar-refractivity contribution < 1.29 is 4.79 Å².